The highest BCUT2D eigenvalue weighted by Gasteiger charge is 2.20. The normalized spacial score (nSPS) is 12.9. The number of allylic oxidation sites excluding steroid dienone is 1. The van der Waals surface area contributed by atoms with Gasteiger partial charge in [-0.1, -0.05) is 19.2 Å². The second kappa shape index (κ2) is 14.3. The lowest BCUT2D eigenvalue weighted by atomic mass is 10.0. The van der Waals surface area contributed by atoms with Crippen molar-refractivity contribution in [3.63, 3.8) is 0 Å². The van der Waals surface area contributed by atoms with Crippen LogP contribution in [-0.2, 0) is 16.0 Å². The lowest BCUT2D eigenvalue weighted by molar-refractivity contribution is 0.0785. The molecule has 9 nitrogen and oxygen atoms in total. The van der Waals surface area contributed by atoms with Crippen molar-refractivity contribution in [3.8, 4) is 0 Å². The third-order valence-corrected chi connectivity index (χ3v) is 6.63. The van der Waals surface area contributed by atoms with E-state index in [9.17, 15) is 9.59 Å². The maximum absolute atomic E-state index is 13.3. The van der Waals surface area contributed by atoms with Gasteiger partial charge in [0.25, 0.3) is 11.8 Å². The number of aryl methyl sites for hydroxylation is 1. The number of carbonyl (C=O) groups excluding carboxylic acids is 2. The largest absolute Gasteiger partial charge is 0.497 e. The molecule has 0 aliphatic carbocycles. The summed E-state index contributed by atoms with van der Waals surface area (Å²) >= 11 is 1.51. The first-order valence-electron chi connectivity index (χ1n) is 12.3. The maximum Gasteiger partial charge on any atom is 0.254 e. The van der Waals surface area contributed by atoms with Crippen molar-refractivity contribution in [2.24, 2.45) is 4.99 Å². The van der Waals surface area contributed by atoms with Gasteiger partial charge in [0.15, 0.2) is 0 Å². The van der Waals surface area contributed by atoms with E-state index in [0.29, 0.717) is 67.7 Å². The van der Waals surface area contributed by atoms with E-state index in [4.69, 9.17) is 9.47 Å². The Labute approximate surface area is 228 Å². The number of ether oxygens (including phenoxy) is 2. The van der Waals surface area contributed by atoms with Crippen molar-refractivity contribution in [1.29, 1.82) is 0 Å². The minimum Gasteiger partial charge on any atom is -0.497 e. The van der Waals surface area contributed by atoms with Gasteiger partial charge in [0.2, 0.25) is 5.90 Å². The van der Waals surface area contributed by atoms with E-state index in [1.54, 1.807) is 43.3 Å². The highest BCUT2D eigenvalue weighted by Crippen LogP contribution is 2.18. The summed E-state index contributed by atoms with van der Waals surface area (Å²) in [5, 5.41) is 9.05. The number of hydrogen-bond acceptors (Lipinski definition) is 8. The van der Waals surface area contributed by atoms with Gasteiger partial charge in [0, 0.05) is 47.9 Å². The van der Waals surface area contributed by atoms with Gasteiger partial charge in [-0.15, -0.1) is 11.3 Å². The van der Waals surface area contributed by atoms with E-state index in [2.05, 4.69) is 33.8 Å². The monoisotopic (exact) mass is 537 g/mol. The van der Waals surface area contributed by atoms with Crippen LogP contribution in [0.5, 0.6) is 0 Å². The quantitative estimate of drug-likeness (QED) is 0.217. The lowest BCUT2D eigenvalue weighted by Crippen LogP contribution is -2.29. The first-order valence-corrected chi connectivity index (χ1v) is 13.2. The first-order chi connectivity index (χ1) is 18.3. The van der Waals surface area contributed by atoms with Gasteiger partial charge >= 0.3 is 0 Å². The number of aromatic nitrogens is 1. The molecule has 3 rings (SSSR count). The van der Waals surface area contributed by atoms with E-state index in [1.807, 2.05) is 18.4 Å². The molecule has 202 valence electrons. The SMILES string of the molecule is C=C/C(=C\C(=C)OC)CNCCCNC(=O)c1cc(C(=O)N(C)Cc2nc(C)cs2)cc(C2=NCCO2)c1. The van der Waals surface area contributed by atoms with Crippen molar-refractivity contribution in [1.82, 2.24) is 20.5 Å². The summed E-state index contributed by atoms with van der Waals surface area (Å²) in [6, 6.07) is 5.05. The standard InChI is InChI=1S/C28H35N5O4S/c1-6-21(12-20(3)36-5)16-29-8-7-9-30-26(34)22-13-23(27-31-10-11-37-27)15-24(14-22)28(35)33(4)17-25-32-19(2)18-38-25/h6,12-15,18,29H,1,3,7-11,16-17H2,2,4-5H3,(H,30,34)/b21-12+. The van der Waals surface area contributed by atoms with Crippen LogP contribution in [0.4, 0.5) is 0 Å². The molecule has 1 aromatic carbocycles. The number of hydrogen-bond donors (Lipinski definition) is 2. The van der Waals surface area contributed by atoms with E-state index in [-0.39, 0.29) is 11.8 Å². The molecular weight excluding hydrogens is 502 g/mol. The van der Waals surface area contributed by atoms with Gasteiger partial charge in [-0.2, -0.15) is 0 Å². The molecule has 2 N–H and O–H groups in total. The number of thiazole rings is 1. The second-order valence-corrected chi connectivity index (χ2v) is 9.70. The number of rotatable bonds is 14. The molecule has 0 saturated carbocycles. The van der Waals surface area contributed by atoms with Crippen molar-refractivity contribution in [2.45, 2.75) is 19.9 Å². The van der Waals surface area contributed by atoms with E-state index in [1.165, 1.54) is 11.3 Å². The van der Waals surface area contributed by atoms with Crippen molar-refractivity contribution in [3.05, 3.63) is 87.6 Å². The minimum absolute atomic E-state index is 0.209. The Morgan fingerprint density at radius 3 is 2.71 bits per heavy atom. The molecule has 0 radical (unpaired) electrons. The van der Waals surface area contributed by atoms with Gasteiger partial charge in [-0.05, 0) is 49.7 Å². The highest BCUT2D eigenvalue weighted by molar-refractivity contribution is 7.09. The predicted molar refractivity (Wildman–Crippen MR) is 151 cm³/mol. The molecule has 0 atom stereocenters. The molecule has 0 saturated heterocycles. The smallest absolute Gasteiger partial charge is 0.254 e. The highest BCUT2D eigenvalue weighted by atomic mass is 32.1. The van der Waals surface area contributed by atoms with Crippen LogP contribution in [0.1, 0.15) is 43.4 Å². The zero-order valence-electron chi connectivity index (χ0n) is 22.2. The molecule has 2 heterocycles. The Morgan fingerprint density at radius 2 is 2.05 bits per heavy atom. The van der Waals surface area contributed by atoms with Crippen molar-refractivity contribution >= 4 is 29.0 Å². The molecule has 0 bridgehead atoms. The Bertz CT molecular complexity index is 1230. The molecule has 1 aromatic heterocycles. The van der Waals surface area contributed by atoms with E-state index >= 15 is 0 Å². The van der Waals surface area contributed by atoms with Gasteiger partial charge in [-0.3, -0.25) is 9.59 Å². The topological polar surface area (TPSA) is 105 Å². The fraction of sp³-hybridized carbons (Fsp3) is 0.357. The van der Waals surface area contributed by atoms with Crippen molar-refractivity contribution in [2.75, 3.05) is 46.9 Å². The van der Waals surface area contributed by atoms with Crippen LogP contribution in [0.2, 0.25) is 0 Å². The van der Waals surface area contributed by atoms with Crippen LogP contribution in [-0.4, -0.2) is 74.5 Å². The van der Waals surface area contributed by atoms with Crippen LogP contribution in [0.15, 0.2) is 65.2 Å². The molecule has 1 aliphatic rings. The van der Waals surface area contributed by atoms with E-state index in [0.717, 1.165) is 22.7 Å². The number of aliphatic imine (C=N–C) groups is 1. The predicted octanol–water partition coefficient (Wildman–Crippen LogP) is 3.48. The summed E-state index contributed by atoms with van der Waals surface area (Å²) in [5.41, 5.74) is 3.27. The average molecular weight is 538 g/mol. The Hall–Kier alpha value is -3.76. The summed E-state index contributed by atoms with van der Waals surface area (Å²) in [5.74, 6) is 0.533. The van der Waals surface area contributed by atoms with Gasteiger partial charge in [0.05, 0.1) is 20.2 Å². The molecule has 2 amide bonds. The molecule has 0 fully saturated rings. The minimum atomic E-state index is -0.263. The number of nitrogens with one attached hydrogen (secondary N) is 2. The summed E-state index contributed by atoms with van der Waals surface area (Å²) < 4.78 is 10.7. The summed E-state index contributed by atoms with van der Waals surface area (Å²) in [7, 11) is 3.29. The molecule has 2 aromatic rings. The molecular formula is C28H35N5O4S. The van der Waals surface area contributed by atoms with Crippen LogP contribution in [0.25, 0.3) is 0 Å². The number of amides is 2. The number of carbonyl (C=O) groups is 2. The first kappa shape index (κ1) is 28.8. The Morgan fingerprint density at radius 1 is 1.26 bits per heavy atom. The van der Waals surface area contributed by atoms with Crippen LogP contribution < -0.4 is 10.6 Å². The average Bonchev–Trinajstić information content (AvgIpc) is 3.61. The number of benzene rings is 1. The summed E-state index contributed by atoms with van der Waals surface area (Å²) in [6.07, 6.45) is 4.29. The fourth-order valence-electron chi connectivity index (χ4n) is 3.68. The number of nitrogens with zero attached hydrogens (tertiary/aromatic N) is 3. The lowest BCUT2D eigenvalue weighted by Gasteiger charge is -2.17. The van der Waals surface area contributed by atoms with Crippen LogP contribution in [0.3, 0.4) is 0 Å². The molecule has 0 unspecified atom stereocenters. The van der Waals surface area contributed by atoms with Crippen LogP contribution in [0, 0.1) is 6.92 Å². The molecule has 0 spiro atoms. The molecule has 10 heteroatoms. The summed E-state index contributed by atoms with van der Waals surface area (Å²) in [4.78, 5) is 36.6. The molecule has 38 heavy (non-hydrogen) atoms. The Balaban J connectivity index is 1.62. The van der Waals surface area contributed by atoms with E-state index < -0.39 is 0 Å². The van der Waals surface area contributed by atoms with Crippen molar-refractivity contribution < 1.29 is 19.1 Å². The fourth-order valence-corrected chi connectivity index (χ4v) is 4.51. The zero-order valence-corrected chi connectivity index (χ0v) is 23.0. The Kier molecular flexibility index (Phi) is 10.8. The second-order valence-electron chi connectivity index (χ2n) is 8.76. The zero-order chi connectivity index (χ0) is 27.5. The van der Waals surface area contributed by atoms with Crippen LogP contribution >= 0.6 is 11.3 Å². The summed E-state index contributed by atoms with van der Waals surface area (Å²) in [6.45, 7) is 12.7. The van der Waals surface area contributed by atoms with Gasteiger partial charge in [-0.25, -0.2) is 9.98 Å². The van der Waals surface area contributed by atoms with Gasteiger partial charge < -0.3 is 25.0 Å². The number of methoxy groups -OCH3 is 1. The molecule has 1 aliphatic heterocycles. The third-order valence-electron chi connectivity index (χ3n) is 5.68. The maximum atomic E-state index is 13.3. The third kappa shape index (κ3) is 8.39. The van der Waals surface area contributed by atoms with Gasteiger partial charge in [0.1, 0.15) is 17.4 Å².